The van der Waals surface area contributed by atoms with Crippen LogP contribution in [-0.4, -0.2) is 37.9 Å². The number of aliphatic hydroxyl groups is 2. The van der Waals surface area contributed by atoms with E-state index in [1.807, 2.05) is 6.07 Å². The lowest BCUT2D eigenvalue weighted by Gasteiger charge is -2.14. The number of nitriles is 1. The van der Waals surface area contributed by atoms with Gasteiger partial charge in [-0.2, -0.15) is 5.26 Å². The molecule has 0 fully saturated rings. The van der Waals surface area contributed by atoms with Gasteiger partial charge in [0.1, 0.15) is 0 Å². The van der Waals surface area contributed by atoms with E-state index in [2.05, 4.69) is 4.72 Å². The number of aliphatic hydroxyl groups excluding tert-OH is 2. The molecule has 3 N–H and O–H groups in total. The maximum Gasteiger partial charge on any atom is 0.240 e. The molecule has 0 aliphatic rings. The molecule has 18 heavy (non-hydrogen) atoms. The van der Waals surface area contributed by atoms with Gasteiger partial charge in [0.25, 0.3) is 0 Å². The van der Waals surface area contributed by atoms with Crippen molar-refractivity contribution in [3.8, 4) is 6.07 Å². The van der Waals surface area contributed by atoms with Gasteiger partial charge in [0.15, 0.2) is 0 Å². The lowest BCUT2D eigenvalue weighted by Crippen LogP contribution is -2.40. The molecule has 98 valence electrons. The smallest absolute Gasteiger partial charge is 0.240 e. The second-order valence-corrected chi connectivity index (χ2v) is 5.49. The first kappa shape index (κ1) is 14.6. The van der Waals surface area contributed by atoms with Crippen molar-refractivity contribution in [2.45, 2.75) is 17.9 Å². The van der Waals surface area contributed by atoms with Crippen molar-refractivity contribution in [1.29, 1.82) is 5.26 Å². The van der Waals surface area contributed by atoms with Crippen molar-refractivity contribution in [2.75, 3.05) is 13.2 Å². The molecule has 1 rings (SSSR count). The van der Waals surface area contributed by atoms with Crippen molar-refractivity contribution in [3.63, 3.8) is 0 Å². The second kappa shape index (κ2) is 5.93. The van der Waals surface area contributed by atoms with Gasteiger partial charge in [0.05, 0.1) is 35.8 Å². The summed E-state index contributed by atoms with van der Waals surface area (Å²) in [6, 6.07) is 5.09. The van der Waals surface area contributed by atoms with Crippen molar-refractivity contribution >= 4 is 10.0 Å². The Morgan fingerprint density at radius 1 is 1.39 bits per heavy atom. The van der Waals surface area contributed by atoms with E-state index in [-0.39, 0.29) is 4.90 Å². The lowest BCUT2D eigenvalue weighted by molar-refractivity contribution is 0.185. The Labute approximate surface area is 106 Å². The fraction of sp³-hybridized carbons (Fsp3) is 0.364. The van der Waals surface area contributed by atoms with Crippen molar-refractivity contribution in [3.05, 3.63) is 29.3 Å². The average molecular weight is 270 g/mol. The molecule has 0 unspecified atom stereocenters. The maximum atomic E-state index is 11.9. The van der Waals surface area contributed by atoms with Gasteiger partial charge in [-0.05, 0) is 30.7 Å². The van der Waals surface area contributed by atoms with Crippen LogP contribution in [0.1, 0.15) is 11.1 Å². The summed E-state index contributed by atoms with van der Waals surface area (Å²) >= 11 is 0. The Kier molecular flexibility index (Phi) is 4.81. The predicted molar refractivity (Wildman–Crippen MR) is 64.2 cm³/mol. The molecule has 0 heterocycles. The summed E-state index contributed by atoms with van der Waals surface area (Å²) in [5, 5.41) is 26.4. The molecular weight excluding hydrogens is 256 g/mol. The van der Waals surface area contributed by atoms with Crippen LogP contribution in [0.25, 0.3) is 0 Å². The molecule has 1 aromatic carbocycles. The van der Waals surface area contributed by atoms with E-state index in [0.717, 1.165) is 0 Å². The molecule has 0 aliphatic carbocycles. The summed E-state index contributed by atoms with van der Waals surface area (Å²) in [5.74, 6) is 0. The topological polar surface area (TPSA) is 110 Å². The van der Waals surface area contributed by atoms with Crippen molar-refractivity contribution in [1.82, 2.24) is 4.72 Å². The number of sulfonamides is 1. The summed E-state index contributed by atoms with van der Waals surface area (Å²) in [7, 11) is -3.81. The van der Waals surface area contributed by atoms with Gasteiger partial charge in [-0.1, -0.05) is 0 Å². The van der Waals surface area contributed by atoms with E-state index in [9.17, 15) is 8.42 Å². The molecule has 1 aromatic rings. The summed E-state index contributed by atoms with van der Waals surface area (Å²) < 4.78 is 26.0. The first-order valence-corrected chi connectivity index (χ1v) is 6.67. The van der Waals surface area contributed by atoms with Gasteiger partial charge in [0.2, 0.25) is 10.0 Å². The highest BCUT2D eigenvalue weighted by Gasteiger charge is 2.19. The number of aryl methyl sites for hydroxylation is 1. The van der Waals surface area contributed by atoms with Gasteiger partial charge >= 0.3 is 0 Å². The van der Waals surface area contributed by atoms with Crippen LogP contribution in [0.3, 0.4) is 0 Å². The number of nitrogens with one attached hydrogen (secondary N) is 1. The Balaban J connectivity index is 3.06. The summed E-state index contributed by atoms with van der Waals surface area (Å²) in [6.45, 7) is 0.642. The zero-order valence-corrected chi connectivity index (χ0v) is 10.6. The first-order valence-electron chi connectivity index (χ1n) is 5.19. The minimum atomic E-state index is -3.81. The van der Waals surface area contributed by atoms with Crippen LogP contribution >= 0.6 is 0 Å². The fourth-order valence-corrected chi connectivity index (χ4v) is 2.65. The molecule has 0 radical (unpaired) electrons. The van der Waals surface area contributed by atoms with Gasteiger partial charge in [-0.15, -0.1) is 0 Å². The van der Waals surface area contributed by atoms with Gasteiger partial charge in [-0.25, -0.2) is 13.1 Å². The van der Waals surface area contributed by atoms with Crippen LogP contribution in [0.5, 0.6) is 0 Å². The monoisotopic (exact) mass is 270 g/mol. The maximum absolute atomic E-state index is 11.9. The second-order valence-electron chi connectivity index (χ2n) is 3.77. The van der Waals surface area contributed by atoms with E-state index < -0.39 is 29.3 Å². The van der Waals surface area contributed by atoms with Crippen LogP contribution in [-0.2, 0) is 10.0 Å². The Morgan fingerprint density at radius 2 is 2.00 bits per heavy atom. The quantitative estimate of drug-likeness (QED) is 0.668. The van der Waals surface area contributed by atoms with E-state index in [4.69, 9.17) is 15.5 Å². The third-order valence-corrected chi connectivity index (χ3v) is 3.91. The molecule has 0 amide bonds. The van der Waals surface area contributed by atoms with Crippen molar-refractivity contribution in [2.24, 2.45) is 0 Å². The van der Waals surface area contributed by atoms with Crippen LogP contribution in [0.4, 0.5) is 0 Å². The SMILES string of the molecule is Cc1cc(S(=O)(=O)NC(CO)CO)ccc1C#N. The highest BCUT2D eigenvalue weighted by atomic mass is 32.2. The Hall–Kier alpha value is -1.46. The summed E-state index contributed by atoms with van der Waals surface area (Å²) in [6.07, 6.45) is 0. The third-order valence-electron chi connectivity index (χ3n) is 2.39. The number of benzene rings is 1. The molecule has 0 aliphatic heterocycles. The number of rotatable bonds is 5. The molecule has 0 saturated heterocycles. The number of hydrogen-bond donors (Lipinski definition) is 3. The molecular formula is C11H14N2O4S. The molecule has 0 atom stereocenters. The zero-order valence-electron chi connectivity index (χ0n) is 9.79. The van der Waals surface area contributed by atoms with E-state index in [1.165, 1.54) is 18.2 Å². The third kappa shape index (κ3) is 3.27. The summed E-state index contributed by atoms with van der Waals surface area (Å²) in [5.41, 5.74) is 0.944. The molecule has 6 nitrogen and oxygen atoms in total. The van der Waals surface area contributed by atoms with Crippen LogP contribution in [0.2, 0.25) is 0 Å². The number of nitrogens with zero attached hydrogens (tertiary/aromatic N) is 1. The van der Waals surface area contributed by atoms with Crippen LogP contribution < -0.4 is 4.72 Å². The summed E-state index contributed by atoms with van der Waals surface area (Å²) in [4.78, 5) is -0.00843. The molecule has 7 heteroatoms. The van der Waals surface area contributed by atoms with Crippen LogP contribution in [0.15, 0.2) is 23.1 Å². The van der Waals surface area contributed by atoms with Crippen molar-refractivity contribution < 1.29 is 18.6 Å². The largest absolute Gasteiger partial charge is 0.395 e. The normalized spacial score (nSPS) is 11.5. The van der Waals surface area contributed by atoms with Gasteiger partial charge in [-0.3, -0.25) is 0 Å². The molecule has 0 spiro atoms. The highest BCUT2D eigenvalue weighted by Crippen LogP contribution is 2.15. The zero-order chi connectivity index (χ0) is 13.8. The number of hydrogen-bond acceptors (Lipinski definition) is 5. The Bertz CT molecular complexity index is 559. The molecule has 0 bridgehead atoms. The Morgan fingerprint density at radius 3 is 2.44 bits per heavy atom. The standard InChI is InChI=1S/C11H14N2O4S/c1-8-4-11(3-2-9(8)5-12)18(16,17)13-10(6-14)7-15/h2-4,10,13-15H,6-7H2,1H3. The van der Waals surface area contributed by atoms with E-state index in [0.29, 0.717) is 11.1 Å². The molecule has 0 aromatic heterocycles. The first-order chi connectivity index (χ1) is 8.44. The van der Waals surface area contributed by atoms with E-state index >= 15 is 0 Å². The van der Waals surface area contributed by atoms with Gasteiger partial charge < -0.3 is 10.2 Å². The average Bonchev–Trinajstić information content (AvgIpc) is 2.35. The minimum Gasteiger partial charge on any atom is -0.395 e. The highest BCUT2D eigenvalue weighted by molar-refractivity contribution is 7.89. The lowest BCUT2D eigenvalue weighted by atomic mass is 10.1. The van der Waals surface area contributed by atoms with Crippen LogP contribution in [0, 0.1) is 18.3 Å². The van der Waals surface area contributed by atoms with E-state index in [1.54, 1.807) is 6.92 Å². The minimum absolute atomic E-state index is 0.00843. The predicted octanol–water partition coefficient (Wildman–Crippen LogP) is -0.502. The molecule has 0 saturated carbocycles. The fourth-order valence-electron chi connectivity index (χ4n) is 1.35. The van der Waals surface area contributed by atoms with Gasteiger partial charge in [0, 0.05) is 0 Å².